The molecule has 0 saturated heterocycles. The van der Waals surface area contributed by atoms with Crippen LogP contribution in [0.3, 0.4) is 0 Å². The second kappa shape index (κ2) is 6.74. The lowest BCUT2D eigenvalue weighted by atomic mass is 9.55. The SMILES string of the molecule is CCCOC(=O)C1C2C(=NNC)CC(c3ccc(O)cc32)C1C(=O)O. The largest absolute Gasteiger partial charge is 0.508 e. The van der Waals surface area contributed by atoms with E-state index in [1.807, 2.05) is 6.92 Å². The fourth-order valence-corrected chi connectivity index (χ4v) is 4.16. The number of benzene rings is 1. The first-order valence-electron chi connectivity index (χ1n) is 8.45. The highest BCUT2D eigenvalue weighted by atomic mass is 16.5. The first-order chi connectivity index (χ1) is 12.0. The van der Waals surface area contributed by atoms with Gasteiger partial charge < -0.3 is 20.4 Å². The molecule has 0 aromatic heterocycles. The molecule has 4 atom stereocenters. The number of nitrogens with one attached hydrogen (secondary N) is 1. The predicted octanol–water partition coefficient (Wildman–Crippen LogP) is 1.82. The number of carbonyl (C=O) groups excluding carboxylic acids is 1. The Hall–Kier alpha value is -2.57. The lowest BCUT2D eigenvalue weighted by Crippen LogP contribution is -2.50. The number of nitrogens with zero attached hydrogens (tertiary/aromatic N) is 1. The van der Waals surface area contributed by atoms with Gasteiger partial charge in [-0.25, -0.2) is 0 Å². The molecular formula is C18H22N2O5. The molecule has 1 aromatic rings. The number of ether oxygens (including phenoxy) is 1. The van der Waals surface area contributed by atoms with Gasteiger partial charge in [-0.2, -0.15) is 5.10 Å². The number of hydrogen-bond acceptors (Lipinski definition) is 6. The van der Waals surface area contributed by atoms with Crippen LogP contribution in [-0.2, 0) is 14.3 Å². The Bertz CT molecular complexity index is 730. The van der Waals surface area contributed by atoms with E-state index in [1.54, 1.807) is 25.2 Å². The van der Waals surface area contributed by atoms with Crippen molar-refractivity contribution in [1.29, 1.82) is 0 Å². The minimum atomic E-state index is -1.00. The topological polar surface area (TPSA) is 108 Å². The molecule has 3 aliphatic carbocycles. The van der Waals surface area contributed by atoms with E-state index >= 15 is 0 Å². The zero-order valence-corrected chi connectivity index (χ0v) is 14.2. The Balaban J connectivity index is 2.14. The van der Waals surface area contributed by atoms with Gasteiger partial charge in [0.2, 0.25) is 0 Å². The number of hydrazone groups is 1. The van der Waals surface area contributed by atoms with Crippen LogP contribution in [0, 0.1) is 11.8 Å². The van der Waals surface area contributed by atoms with E-state index in [-0.39, 0.29) is 18.3 Å². The highest BCUT2D eigenvalue weighted by Gasteiger charge is 2.56. The van der Waals surface area contributed by atoms with Gasteiger partial charge in [-0.15, -0.1) is 0 Å². The fraction of sp³-hybridized carbons (Fsp3) is 0.500. The van der Waals surface area contributed by atoms with Crippen LogP contribution in [0.4, 0.5) is 0 Å². The standard InChI is InChI=1S/C18H22N2O5/c1-3-6-25-18(24)16-14-11-7-9(21)4-5-10(11)12(15(16)17(22)23)8-13(14)20-19-2/h4-5,7,12,14-16,19,21H,3,6,8H2,1-2H3,(H,22,23). The van der Waals surface area contributed by atoms with Crippen molar-refractivity contribution < 1.29 is 24.5 Å². The molecule has 3 N–H and O–H groups in total. The Morgan fingerprint density at radius 2 is 2.08 bits per heavy atom. The second-order valence-corrected chi connectivity index (χ2v) is 6.49. The van der Waals surface area contributed by atoms with Gasteiger partial charge in [0.15, 0.2) is 0 Å². The summed E-state index contributed by atoms with van der Waals surface area (Å²) in [5, 5.41) is 24.0. The van der Waals surface area contributed by atoms with Crippen LogP contribution < -0.4 is 5.43 Å². The molecule has 1 aromatic carbocycles. The molecule has 2 bridgehead atoms. The van der Waals surface area contributed by atoms with E-state index in [2.05, 4.69) is 10.5 Å². The van der Waals surface area contributed by atoms with Gasteiger partial charge in [0.1, 0.15) is 5.75 Å². The number of fused-ring (bicyclic) bond motifs is 2. The minimum Gasteiger partial charge on any atom is -0.508 e. The molecule has 0 spiro atoms. The summed E-state index contributed by atoms with van der Waals surface area (Å²) in [4.78, 5) is 24.6. The Labute approximate surface area is 145 Å². The lowest BCUT2D eigenvalue weighted by Gasteiger charge is -2.47. The number of hydrogen-bond donors (Lipinski definition) is 3. The Morgan fingerprint density at radius 3 is 2.72 bits per heavy atom. The van der Waals surface area contributed by atoms with Gasteiger partial charge in [0, 0.05) is 24.6 Å². The monoisotopic (exact) mass is 346 g/mol. The third-order valence-electron chi connectivity index (χ3n) is 5.03. The molecule has 0 heterocycles. The van der Waals surface area contributed by atoms with E-state index in [1.165, 1.54) is 0 Å². The van der Waals surface area contributed by atoms with Crippen molar-refractivity contribution >= 4 is 17.7 Å². The van der Waals surface area contributed by atoms with Crippen LogP contribution in [-0.4, -0.2) is 41.5 Å². The van der Waals surface area contributed by atoms with Gasteiger partial charge in [-0.05, 0) is 36.1 Å². The average molecular weight is 346 g/mol. The van der Waals surface area contributed by atoms with Gasteiger partial charge in [-0.3, -0.25) is 9.59 Å². The fourth-order valence-electron chi connectivity index (χ4n) is 4.16. The van der Waals surface area contributed by atoms with Crippen LogP contribution in [0.2, 0.25) is 0 Å². The van der Waals surface area contributed by atoms with Crippen molar-refractivity contribution in [3.8, 4) is 5.75 Å². The number of carbonyl (C=O) groups is 2. The van der Waals surface area contributed by atoms with E-state index in [4.69, 9.17) is 4.74 Å². The zero-order valence-electron chi connectivity index (χ0n) is 14.2. The lowest BCUT2D eigenvalue weighted by molar-refractivity contribution is -0.160. The Morgan fingerprint density at radius 1 is 1.32 bits per heavy atom. The number of phenols is 1. The second-order valence-electron chi connectivity index (χ2n) is 6.49. The van der Waals surface area contributed by atoms with Crippen molar-refractivity contribution in [2.24, 2.45) is 16.9 Å². The number of carboxylic acids is 1. The van der Waals surface area contributed by atoms with E-state index in [0.29, 0.717) is 12.8 Å². The highest BCUT2D eigenvalue weighted by Crippen LogP contribution is 2.55. The molecule has 4 rings (SSSR count). The van der Waals surface area contributed by atoms with Gasteiger partial charge in [0.05, 0.1) is 18.4 Å². The summed E-state index contributed by atoms with van der Waals surface area (Å²) in [6, 6.07) is 4.91. The number of rotatable bonds is 5. The molecule has 0 amide bonds. The van der Waals surface area contributed by atoms with Crippen LogP contribution in [0.15, 0.2) is 23.3 Å². The maximum atomic E-state index is 12.7. The van der Waals surface area contributed by atoms with Crippen LogP contribution in [0.5, 0.6) is 5.75 Å². The number of aromatic hydroxyl groups is 1. The summed E-state index contributed by atoms with van der Waals surface area (Å²) in [7, 11) is 1.66. The number of aliphatic carboxylic acids is 1. The minimum absolute atomic E-state index is 0.0858. The summed E-state index contributed by atoms with van der Waals surface area (Å²) in [5.74, 6) is -4.01. The zero-order chi connectivity index (χ0) is 18.1. The number of phenolic OH excluding ortho intramolecular Hbond substituents is 1. The van der Waals surface area contributed by atoms with Gasteiger partial charge >= 0.3 is 11.9 Å². The number of carboxylic acid groups (broad SMARTS) is 1. The third-order valence-corrected chi connectivity index (χ3v) is 5.03. The molecule has 1 saturated carbocycles. The average Bonchev–Trinajstić information content (AvgIpc) is 2.58. The van der Waals surface area contributed by atoms with Gasteiger partial charge in [-0.1, -0.05) is 13.0 Å². The summed E-state index contributed by atoms with van der Waals surface area (Å²) in [6.07, 6.45) is 1.14. The normalized spacial score (nSPS) is 28.5. The van der Waals surface area contributed by atoms with Crippen LogP contribution in [0.25, 0.3) is 0 Å². The van der Waals surface area contributed by atoms with E-state index in [0.717, 1.165) is 16.8 Å². The molecule has 3 aliphatic rings. The first-order valence-corrected chi connectivity index (χ1v) is 8.45. The molecule has 4 unspecified atom stereocenters. The molecule has 7 heteroatoms. The highest BCUT2D eigenvalue weighted by molar-refractivity contribution is 6.01. The molecular weight excluding hydrogens is 324 g/mol. The molecule has 1 fully saturated rings. The molecule has 0 aliphatic heterocycles. The summed E-state index contributed by atoms with van der Waals surface area (Å²) >= 11 is 0. The molecule has 25 heavy (non-hydrogen) atoms. The quantitative estimate of drug-likeness (QED) is 0.554. The van der Waals surface area contributed by atoms with Crippen molar-refractivity contribution in [1.82, 2.24) is 5.43 Å². The summed E-state index contributed by atoms with van der Waals surface area (Å²) < 4.78 is 5.30. The molecule has 134 valence electrons. The maximum Gasteiger partial charge on any atom is 0.310 e. The smallest absolute Gasteiger partial charge is 0.310 e. The predicted molar refractivity (Wildman–Crippen MR) is 90.6 cm³/mol. The Kier molecular flexibility index (Phi) is 4.65. The van der Waals surface area contributed by atoms with Crippen LogP contribution >= 0.6 is 0 Å². The van der Waals surface area contributed by atoms with E-state index in [9.17, 15) is 19.8 Å². The van der Waals surface area contributed by atoms with E-state index < -0.39 is 29.7 Å². The van der Waals surface area contributed by atoms with Crippen molar-refractivity contribution in [3.63, 3.8) is 0 Å². The third kappa shape index (κ3) is 2.83. The summed E-state index contributed by atoms with van der Waals surface area (Å²) in [6.45, 7) is 2.14. The van der Waals surface area contributed by atoms with Gasteiger partial charge in [0.25, 0.3) is 0 Å². The molecule has 0 radical (unpaired) electrons. The van der Waals surface area contributed by atoms with Crippen molar-refractivity contribution in [3.05, 3.63) is 29.3 Å². The number of esters is 1. The van der Waals surface area contributed by atoms with Crippen molar-refractivity contribution in [2.75, 3.05) is 13.7 Å². The molecule has 7 nitrogen and oxygen atoms in total. The van der Waals surface area contributed by atoms with Crippen LogP contribution in [0.1, 0.15) is 42.7 Å². The summed E-state index contributed by atoms with van der Waals surface area (Å²) in [5.41, 5.74) is 5.09. The first kappa shape index (κ1) is 17.3. The maximum absolute atomic E-state index is 12.7. The van der Waals surface area contributed by atoms with Crippen molar-refractivity contribution in [2.45, 2.75) is 31.6 Å².